The van der Waals surface area contributed by atoms with Crippen LogP contribution in [0.15, 0.2) is 31.0 Å². The van der Waals surface area contributed by atoms with Gasteiger partial charge >= 0.3 is 0 Å². The zero-order valence-corrected chi connectivity index (χ0v) is 14.2. The van der Waals surface area contributed by atoms with Gasteiger partial charge in [0.1, 0.15) is 11.6 Å². The van der Waals surface area contributed by atoms with Crippen molar-refractivity contribution in [3.05, 3.63) is 37.0 Å². The third kappa shape index (κ3) is 2.75. The fourth-order valence-electron chi connectivity index (χ4n) is 1.63. The van der Waals surface area contributed by atoms with Gasteiger partial charge in [0, 0.05) is 14.5 Å². The van der Waals surface area contributed by atoms with E-state index in [1.807, 2.05) is 6.07 Å². The van der Waals surface area contributed by atoms with Gasteiger partial charge in [-0.05, 0) is 34.3 Å². The van der Waals surface area contributed by atoms with E-state index in [1.54, 1.807) is 18.4 Å². The molecule has 0 bridgehead atoms. The van der Waals surface area contributed by atoms with Crippen molar-refractivity contribution in [2.24, 2.45) is 0 Å². The Morgan fingerprint density at radius 1 is 1.45 bits per heavy atom. The minimum Gasteiger partial charge on any atom is -0.397 e. The van der Waals surface area contributed by atoms with E-state index in [4.69, 9.17) is 5.73 Å². The third-order valence-corrected chi connectivity index (χ3v) is 4.25. The molecular formula is C12H8Br2N4OS. The normalized spacial score (nSPS) is 10.3. The number of nitrogens with one attached hydrogen (secondary N) is 1. The minimum absolute atomic E-state index is 0.0560. The van der Waals surface area contributed by atoms with E-state index in [1.165, 1.54) is 11.8 Å². The number of thioether (sulfide) groups is 1. The topological polar surface area (TPSA) is 95.6 Å². The van der Waals surface area contributed by atoms with Crippen molar-refractivity contribution in [2.45, 2.75) is 5.16 Å². The van der Waals surface area contributed by atoms with Gasteiger partial charge in [0.2, 0.25) is 0 Å². The predicted molar refractivity (Wildman–Crippen MR) is 86.6 cm³/mol. The zero-order valence-electron chi connectivity index (χ0n) is 10.2. The van der Waals surface area contributed by atoms with E-state index in [0.717, 1.165) is 4.47 Å². The summed E-state index contributed by atoms with van der Waals surface area (Å²) in [6.45, 7) is 0. The first kappa shape index (κ1) is 15.1. The van der Waals surface area contributed by atoms with Gasteiger partial charge in [-0.1, -0.05) is 27.7 Å². The lowest BCUT2D eigenvalue weighted by molar-refractivity contribution is 0.938. The smallest absolute Gasteiger partial charge is 0.270 e. The molecule has 2 rings (SSSR count). The summed E-state index contributed by atoms with van der Waals surface area (Å²) in [5.41, 5.74) is 6.72. The Bertz CT molecular complexity index is 782. The highest BCUT2D eigenvalue weighted by molar-refractivity contribution is 9.11. The van der Waals surface area contributed by atoms with Crippen molar-refractivity contribution in [1.29, 1.82) is 5.26 Å². The highest BCUT2D eigenvalue weighted by Gasteiger charge is 2.17. The Morgan fingerprint density at radius 2 is 2.15 bits per heavy atom. The Balaban J connectivity index is 2.85. The molecule has 20 heavy (non-hydrogen) atoms. The van der Waals surface area contributed by atoms with Crippen molar-refractivity contribution in [3.63, 3.8) is 0 Å². The number of nitrogens with two attached hydrogens (primary N) is 1. The number of aromatic nitrogens is 2. The number of nitrogens with zero attached hydrogens (tertiary/aromatic N) is 2. The number of nitrogen functional groups attached to an aromatic ring is 1. The molecule has 8 heteroatoms. The van der Waals surface area contributed by atoms with Crippen LogP contribution in [-0.2, 0) is 0 Å². The number of anilines is 1. The standard InChI is InChI=1S/C12H8Br2N4OS/c1-20-12-17-10(7(4-15)11(19)18-12)6-2-5(13)3-8(14)9(6)16/h2-3H,16H2,1H3,(H,17,18,19). The van der Waals surface area contributed by atoms with Crippen LogP contribution in [0, 0.1) is 11.3 Å². The van der Waals surface area contributed by atoms with Gasteiger partial charge in [-0.3, -0.25) is 4.79 Å². The fraction of sp³-hybridized carbons (Fsp3) is 0.0833. The number of benzene rings is 1. The minimum atomic E-state index is -0.475. The van der Waals surface area contributed by atoms with Gasteiger partial charge in [0.05, 0.1) is 11.4 Å². The summed E-state index contributed by atoms with van der Waals surface area (Å²) in [7, 11) is 0. The average Bonchev–Trinajstić information content (AvgIpc) is 2.41. The van der Waals surface area contributed by atoms with Crippen LogP contribution >= 0.6 is 43.6 Å². The van der Waals surface area contributed by atoms with Gasteiger partial charge in [0.25, 0.3) is 5.56 Å². The quantitative estimate of drug-likeness (QED) is 0.446. The Labute approximate surface area is 135 Å². The maximum absolute atomic E-state index is 11.9. The van der Waals surface area contributed by atoms with E-state index in [9.17, 15) is 10.1 Å². The maximum atomic E-state index is 11.9. The second kappa shape index (κ2) is 5.99. The molecule has 0 aliphatic rings. The molecule has 0 unspecified atom stereocenters. The van der Waals surface area contributed by atoms with Crippen molar-refractivity contribution in [3.8, 4) is 17.3 Å². The van der Waals surface area contributed by atoms with Gasteiger partial charge < -0.3 is 10.7 Å². The monoisotopic (exact) mass is 414 g/mol. The van der Waals surface area contributed by atoms with Crippen LogP contribution in [-0.4, -0.2) is 16.2 Å². The molecule has 3 N–H and O–H groups in total. The Morgan fingerprint density at radius 3 is 2.75 bits per heavy atom. The average molecular weight is 416 g/mol. The van der Waals surface area contributed by atoms with E-state index in [2.05, 4.69) is 41.8 Å². The number of aromatic amines is 1. The van der Waals surface area contributed by atoms with Gasteiger partial charge in [-0.15, -0.1) is 0 Å². The summed E-state index contributed by atoms with van der Waals surface area (Å²) in [4.78, 5) is 18.8. The zero-order chi connectivity index (χ0) is 14.9. The summed E-state index contributed by atoms with van der Waals surface area (Å²) < 4.78 is 1.43. The van der Waals surface area contributed by atoms with Crippen LogP contribution in [0.1, 0.15) is 5.56 Å². The predicted octanol–water partition coefficient (Wildman–Crippen LogP) is 3.14. The molecule has 0 aliphatic heterocycles. The summed E-state index contributed by atoms with van der Waals surface area (Å²) >= 11 is 7.98. The van der Waals surface area contributed by atoms with Crippen LogP contribution in [0.5, 0.6) is 0 Å². The molecule has 1 heterocycles. The van der Waals surface area contributed by atoms with Crippen molar-refractivity contribution in [2.75, 3.05) is 12.0 Å². The molecule has 0 spiro atoms. The molecule has 5 nitrogen and oxygen atoms in total. The van der Waals surface area contributed by atoms with E-state index in [0.29, 0.717) is 20.9 Å². The lowest BCUT2D eigenvalue weighted by atomic mass is 10.1. The van der Waals surface area contributed by atoms with Gasteiger partial charge in [-0.2, -0.15) is 5.26 Å². The number of H-pyrrole nitrogens is 1. The highest BCUT2D eigenvalue weighted by Crippen LogP contribution is 2.35. The van der Waals surface area contributed by atoms with E-state index < -0.39 is 5.56 Å². The second-order valence-electron chi connectivity index (χ2n) is 3.76. The van der Waals surface area contributed by atoms with Crippen molar-refractivity contribution < 1.29 is 0 Å². The van der Waals surface area contributed by atoms with Crippen LogP contribution in [0.2, 0.25) is 0 Å². The lowest BCUT2D eigenvalue weighted by Gasteiger charge is -2.10. The number of hydrogen-bond donors (Lipinski definition) is 2. The van der Waals surface area contributed by atoms with Gasteiger partial charge in [0.15, 0.2) is 5.16 Å². The fourth-order valence-corrected chi connectivity index (χ4v) is 3.23. The molecule has 0 saturated heterocycles. The summed E-state index contributed by atoms with van der Waals surface area (Å²) in [6.07, 6.45) is 1.79. The van der Waals surface area contributed by atoms with Crippen LogP contribution < -0.4 is 11.3 Å². The molecule has 1 aromatic heterocycles. The van der Waals surface area contributed by atoms with E-state index >= 15 is 0 Å². The molecule has 0 aliphatic carbocycles. The molecular weight excluding hydrogens is 408 g/mol. The molecule has 0 saturated carbocycles. The van der Waals surface area contributed by atoms with Crippen LogP contribution in [0.3, 0.4) is 0 Å². The summed E-state index contributed by atoms with van der Waals surface area (Å²) in [6, 6.07) is 5.39. The molecule has 1 aromatic carbocycles. The number of hydrogen-bond acceptors (Lipinski definition) is 5. The van der Waals surface area contributed by atoms with Crippen molar-refractivity contribution in [1.82, 2.24) is 9.97 Å². The molecule has 0 fully saturated rings. The molecule has 0 radical (unpaired) electrons. The summed E-state index contributed by atoms with van der Waals surface area (Å²) in [5, 5.41) is 9.60. The largest absolute Gasteiger partial charge is 0.397 e. The number of rotatable bonds is 2. The Kier molecular flexibility index (Phi) is 4.52. The number of nitriles is 1. The third-order valence-electron chi connectivity index (χ3n) is 2.55. The first-order valence-corrected chi connectivity index (χ1v) is 8.12. The van der Waals surface area contributed by atoms with Crippen molar-refractivity contribution >= 4 is 49.3 Å². The summed E-state index contributed by atoms with van der Waals surface area (Å²) in [5.74, 6) is 0. The van der Waals surface area contributed by atoms with E-state index in [-0.39, 0.29) is 11.3 Å². The van der Waals surface area contributed by atoms with Crippen LogP contribution in [0.25, 0.3) is 11.3 Å². The highest BCUT2D eigenvalue weighted by atomic mass is 79.9. The number of halogens is 2. The second-order valence-corrected chi connectivity index (χ2v) is 6.32. The Hall–Kier alpha value is -1.30. The molecule has 0 amide bonds. The van der Waals surface area contributed by atoms with Gasteiger partial charge in [-0.25, -0.2) is 4.98 Å². The van der Waals surface area contributed by atoms with Crippen LogP contribution in [0.4, 0.5) is 5.69 Å². The SMILES string of the molecule is CSc1nc(-c2cc(Br)cc(Br)c2N)c(C#N)c(=O)[nH]1. The molecule has 0 atom stereocenters. The first-order chi connectivity index (χ1) is 9.47. The maximum Gasteiger partial charge on any atom is 0.270 e. The first-order valence-electron chi connectivity index (χ1n) is 5.31. The molecule has 2 aromatic rings. The molecule has 102 valence electrons. The lowest BCUT2D eigenvalue weighted by Crippen LogP contribution is -2.15.